The van der Waals surface area contributed by atoms with E-state index in [2.05, 4.69) is 14.9 Å². The maximum atomic E-state index is 13.5. The molecule has 1 aromatic heterocycles. The standard InChI is InChI=1S/C16H12FN3O4S2/c1-9-18-19-16(25-9)20-26(23,24)12-5-2-10(3-6-12)11-4-7-14(17)13(8-11)15(21)22/h2-8H,1H3,(H,19,20)(H,21,22). The van der Waals surface area contributed by atoms with Gasteiger partial charge in [0.1, 0.15) is 10.8 Å². The number of aryl methyl sites for hydroxylation is 1. The van der Waals surface area contributed by atoms with Gasteiger partial charge in [-0.1, -0.05) is 29.5 Å². The molecule has 3 aromatic rings. The highest BCUT2D eigenvalue weighted by atomic mass is 32.2. The lowest BCUT2D eigenvalue weighted by Crippen LogP contribution is -2.12. The van der Waals surface area contributed by atoms with Crippen LogP contribution in [0.4, 0.5) is 9.52 Å². The number of nitrogens with zero attached hydrogens (tertiary/aromatic N) is 2. The number of anilines is 1. The third-order valence-corrected chi connectivity index (χ3v) is 5.68. The molecule has 0 aliphatic heterocycles. The summed E-state index contributed by atoms with van der Waals surface area (Å²) in [4.78, 5) is 11.0. The lowest BCUT2D eigenvalue weighted by molar-refractivity contribution is 0.0692. The van der Waals surface area contributed by atoms with Crippen LogP contribution in [0.15, 0.2) is 47.4 Å². The Kier molecular flexibility index (Phi) is 4.70. The molecule has 1 heterocycles. The van der Waals surface area contributed by atoms with Gasteiger partial charge in [0.2, 0.25) is 5.13 Å². The minimum Gasteiger partial charge on any atom is -0.478 e. The van der Waals surface area contributed by atoms with E-state index in [1.165, 1.54) is 36.4 Å². The topological polar surface area (TPSA) is 109 Å². The van der Waals surface area contributed by atoms with Crippen LogP contribution in [0.3, 0.4) is 0 Å². The lowest BCUT2D eigenvalue weighted by atomic mass is 10.0. The Morgan fingerprint density at radius 3 is 2.35 bits per heavy atom. The van der Waals surface area contributed by atoms with Crippen LogP contribution in [0.1, 0.15) is 15.4 Å². The first-order valence-corrected chi connectivity index (χ1v) is 9.52. The SMILES string of the molecule is Cc1nnc(NS(=O)(=O)c2ccc(-c3ccc(F)c(C(=O)O)c3)cc2)s1. The summed E-state index contributed by atoms with van der Waals surface area (Å²) in [5, 5.41) is 17.2. The molecule has 0 amide bonds. The highest BCUT2D eigenvalue weighted by molar-refractivity contribution is 7.93. The number of carboxylic acids is 1. The summed E-state index contributed by atoms with van der Waals surface area (Å²) in [5.74, 6) is -2.21. The minimum absolute atomic E-state index is 0.00896. The van der Waals surface area contributed by atoms with Crippen molar-refractivity contribution in [1.82, 2.24) is 10.2 Å². The Labute approximate surface area is 152 Å². The van der Waals surface area contributed by atoms with Crippen LogP contribution in [0.25, 0.3) is 11.1 Å². The molecule has 7 nitrogen and oxygen atoms in total. The molecule has 0 saturated heterocycles. The first kappa shape index (κ1) is 18.0. The Bertz CT molecular complexity index is 1080. The van der Waals surface area contributed by atoms with Crippen molar-refractivity contribution in [1.29, 1.82) is 0 Å². The van der Waals surface area contributed by atoms with Crippen molar-refractivity contribution in [2.75, 3.05) is 4.72 Å². The zero-order valence-electron chi connectivity index (χ0n) is 13.3. The number of rotatable bonds is 5. The molecular weight excluding hydrogens is 381 g/mol. The molecule has 0 atom stereocenters. The van der Waals surface area contributed by atoms with E-state index in [-0.39, 0.29) is 10.0 Å². The van der Waals surface area contributed by atoms with Gasteiger partial charge in [-0.15, -0.1) is 10.2 Å². The number of aromatic carboxylic acids is 1. The van der Waals surface area contributed by atoms with Crippen LogP contribution in [-0.2, 0) is 10.0 Å². The quantitative estimate of drug-likeness (QED) is 0.689. The van der Waals surface area contributed by atoms with Gasteiger partial charge in [0.25, 0.3) is 10.0 Å². The van der Waals surface area contributed by atoms with Gasteiger partial charge >= 0.3 is 5.97 Å². The number of sulfonamides is 1. The number of nitrogens with one attached hydrogen (secondary N) is 1. The summed E-state index contributed by atoms with van der Waals surface area (Å²) in [5.41, 5.74) is 0.561. The van der Waals surface area contributed by atoms with Crippen molar-refractivity contribution in [3.63, 3.8) is 0 Å². The summed E-state index contributed by atoms with van der Waals surface area (Å²) in [7, 11) is -3.82. The molecule has 0 bridgehead atoms. The van der Waals surface area contributed by atoms with Crippen molar-refractivity contribution in [3.05, 3.63) is 58.9 Å². The second-order valence-corrected chi connectivity index (χ2v) is 8.12. The minimum atomic E-state index is -3.82. The molecule has 2 N–H and O–H groups in total. The van der Waals surface area contributed by atoms with E-state index >= 15 is 0 Å². The highest BCUT2D eigenvalue weighted by Gasteiger charge is 2.17. The first-order chi connectivity index (χ1) is 12.3. The van der Waals surface area contributed by atoms with Crippen molar-refractivity contribution in [2.45, 2.75) is 11.8 Å². The van der Waals surface area contributed by atoms with Crippen LogP contribution < -0.4 is 4.72 Å². The number of carbonyl (C=O) groups is 1. The summed E-state index contributed by atoms with van der Waals surface area (Å²) in [6.45, 7) is 1.71. The first-order valence-electron chi connectivity index (χ1n) is 7.22. The van der Waals surface area contributed by atoms with Gasteiger partial charge in [-0.3, -0.25) is 4.72 Å². The largest absolute Gasteiger partial charge is 0.478 e. The van der Waals surface area contributed by atoms with Crippen LogP contribution in [0, 0.1) is 12.7 Å². The van der Waals surface area contributed by atoms with E-state index in [0.717, 1.165) is 17.4 Å². The van der Waals surface area contributed by atoms with Crippen LogP contribution in [-0.4, -0.2) is 29.7 Å². The molecular formula is C16H12FN3O4S2. The number of hydrogen-bond acceptors (Lipinski definition) is 6. The van der Waals surface area contributed by atoms with Gasteiger partial charge in [0.05, 0.1) is 10.5 Å². The summed E-state index contributed by atoms with van der Waals surface area (Å²) >= 11 is 1.11. The van der Waals surface area contributed by atoms with Gasteiger partial charge in [-0.25, -0.2) is 17.6 Å². The summed E-state index contributed by atoms with van der Waals surface area (Å²) < 4.78 is 40.5. The molecule has 0 spiro atoms. The van der Waals surface area contributed by atoms with E-state index < -0.39 is 27.4 Å². The van der Waals surface area contributed by atoms with E-state index in [1.807, 2.05) is 0 Å². The average Bonchev–Trinajstić information content (AvgIpc) is 2.99. The fraction of sp³-hybridized carbons (Fsp3) is 0.0625. The molecule has 0 aliphatic rings. The fourth-order valence-corrected chi connectivity index (χ4v) is 4.03. The molecule has 134 valence electrons. The maximum Gasteiger partial charge on any atom is 0.338 e. The normalized spacial score (nSPS) is 11.3. The van der Waals surface area contributed by atoms with Crippen molar-refractivity contribution >= 4 is 32.5 Å². The molecule has 0 unspecified atom stereocenters. The number of benzene rings is 2. The number of halogens is 1. The summed E-state index contributed by atoms with van der Waals surface area (Å²) in [6.07, 6.45) is 0. The second-order valence-electron chi connectivity index (χ2n) is 5.26. The molecule has 0 saturated carbocycles. The van der Waals surface area contributed by atoms with Gasteiger partial charge in [0, 0.05) is 0 Å². The van der Waals surface area contributed by atoms with Gasteiger partial charge in [0.15, 0.2) is 0 Å². The monoisotopic (exact) mass is 393 g/mol. The Morgan fingerprint density at radius 1 is 1.12 bits per heavy atom. The van der Waals surface area contributed by atoms with Crippen molar-refractivity contribution in [3.8, 4) is 11.1 Å². The van der Waals surface area contributed by atoms with E-state index in [4.69, 9.17) is 5.11 Å². The van der Waals surface area contributed by atoms with Gasteiger partial charge in [-0.2, -0.15) is 0 Å². The van der Waals surface area contributed by atoms with E-state index in [1.54, 1.807) is 6.92 Å². The lowest BCUT2D eigenvalue weighted by Gasteiger charge is -2.07. The average molecular weight is 393 g/mol. The summed E-state index contributed by atoms with van der Waals surface area (Å²) in [6, 6.07) is 9.45. The Morgan fingerprint density at radius 2 is 1.77 bits per heavy atom. The third kappa shape index (κ3) is 3.70. The molecule has 26 heavy (non-hydrogen) atoms. The van der Waals surface area contributed by atoms with Crippen molar-refractivity contribution < 1.29 is 22.7 Å². The van der Waals surface area contributed by atoms with E-state index in [9.17, 15) is 17.6 Å². The molecule has 0 aliphatic carbocycles. The van der Waals surface area contributed by atoms with Crippen molar-refractivity contribution in [2.24, 2.45) is 0 Å². The Balaban J connectivity index is 1.89. The predicted molar refractivity (Wildman–Crippen MR) is 94.2 cm³/mol. The Hall–Kier alpha value is -2.85. The third-order valence-electron chi connectivity index (χ3n) is 3.44. The zero-order chi connectivity index (χ0) is 18.9. The molecule has 10 heteroatoms. The predicted octanol–water partition coefficient (Wildman–Crippen LogP) is 3.15. The van der Waals surface area contributed by atoms with Crippen LogP contribution >= 0.6 is 11.3 Å². The molecule has 2 aromatic carbocycles. The number of aromatic nitrogens is 2. The highest BCUT2D eigenvalue weighted by Crippen LogP contribution is 2.25. The number of hydrogen-bond donors (Lipinski definition) is 2. The van der Waals surface area contributed by atoms with Crippen LogP contribution in [0.2, 0.25) is 0 Å². The van der Waals surface area contributed by atoms with Crippen LogP contribution in [0.5, 0.6) is 0 Å². The van der Waals surface area contributed by atoms with Gasteiger partial charge in [-0.05, 0) is 42.3 Å². The second kappa shape index (κ2) is 6.81. The molecule has 0 radical (unpaired) electrons. The van der Waals surface area contributed by atoms with E-state index in [0.29, 0.717) is 16.1 Å². The number of carboxylic acid groups (broad SMARTS) is 1. The zero-order valence-corrected chi connectivity index (χ0v) is 14.9. The molecule has 3 rings (SSSR count). The molecule has 0 fully saturated rings. The van der Waals surface area contributed by atoms with Gasteiger partial charge < -0.3 is 5.11 Å². The fourth-order valence-electron chi connectivity index (χ4n) is 2.21. The smallest absolute Gasteiger partial charge is 0.338 e. The maximum absolute atomic E-state index is 13.5.